The number of rotatable bonds is 4. The second-order valence-electron chi connectivity index (χ2n) is 4.23. The molecule has 1 N–H and O–H groups in total. The SMILES string of the molecule is COC(=O)c1scc(C)c1NS(=O)(=O)N1CCOCC1. The topological polar surface area (TPSA) is 84.9 Å². The zero-order chi connectivity index (χ0) is 14.8. The zero-order valence-electron chi connectivity index (χ0n) is 11.2. The molecule has 0 aromatic carbocycles. The monoisotopic (exact) mass is 320 g/mol. The Hall–Kier alpha value is -1.16. The van der Waals surface area contributed by atoms with Crippen molar-refractivity contribution < 1.29 is 22.7 Å². The lowest BCUT2D eigenvalue weighted by molar-refractivity contribution is 0.0607. The summed E-state index contributed by atoms with van der Waals surface area (Å²) in [6, 6.07) is 0. The first-order valence-electron chi connectivity index (χ1n) is 5.97. The fraction of sp³-hybridized carbons (Fsp3) is 0.545. The predicted octanol–water partition coefficient (Wildman–Crippen LogP) is 0.832. The van der Waals surface area contributed by atoms with Crippen LogP contribution in [0.2, 0.25) is 0 Å². The van der Waals surface area contributed by atoms with Gasteiger partial charge in [0.25, 0.3) is 0 Å². The number of aryl methyl sites for hydroxylation is 1. The number of nitrogens with one attached hydrogen (secondary N) is 1. The summed E-state index contributed by atoms with van der Waals surface area (Å²) in [5.74, 6) is -0.553. The van der Waals surface area contributed by atoms with E-state index in [1.54, 1.807) is 12.3 Å². The van der Waals surface area contributed by atoms with Crippen molar-refractivity contribution in [2.75, 3.05) is 38.1 Å². The fourth-order valence-corrected chi connectivity index (χ4v) is 4.06. The molecule has 112 valence electrons. The van der Waals surface area contributed by atoms with Gasteiger partial charge in [0.2, 0.25) is 0 Å². The van der Waals surface area contributed by atoms with Gasteiger partial charge in [0, 0.05) is 13.1 Å². The molecule has 2 rings (SSSR count). The van der Waals surface area contributed by atoms with Crippen LogP contribution in [0.4, 0.5) is 5.69 Å². The molecule has 2 heterocycles. The number of esters is 1. The zero-order valence-corrected chi connectivity index (χ0v) is 12.8. The van der Waals surface area contributed by atoms with Crippen LogP contribution >= 0.6 is 11.3 Å². The van der Waals surface area contributed by atoms with E-state index >= 15 is 0 Å². The highest BCUT2D eigenvalue weighted by atomic mass is 32.2. The standard InChI is InChI=1S/C11H16N2O5S2/c1-8-7-19-10(11(14)17-2)9(8)12-20(15,16)13-3-5-18-6-4-13/h7,12H,3-6H2,1-2H3. The number of methoxy groups -OCH3 is 1. The Morgan fingerprint density at radius 1 is 1.45 bits per heavy atom. The van der Waals surface area contributed by atoms with Crippen molar-refractivity contribution >= 4 is 33.2 Å². The number of ether oxygens (including phenoxy) is 2. The molecule has 1 saturated heterocycles. The van der Waals surface area contributed by atoms with Crippen LogP contribution in [0, 0.1) is 6.92 Å². The average molecular weight is 320 g/mol. The van der Waals surface area contributed by atoms with Gasteiger partial charge in [0.15, 0.2) is 0 Å². The van der Waals surface area contributed by atoms with Gasteiger partial charge in [-0.05, 0) is 17.9 Å². The summed E-state index contributed by atoms with van der Waals surface area (Å²) in [4.78, 5) is 11.9. The first-order chi connectivity index (χ1) is 9.45. The summed E-state index contributed by atoms with van der Waals surface area (Å²) in [5.41, 5.74) is 0.973. The molecule has 0 saturated carbocycles. The molecule has 7 nitrogen and oxygen atoms in total. The van der Waals surface area contributed by atoms with Crippen LogP contribution in [0.1, 0.15) is 15.2 Å². The van der Waals surface area contributed by atoms with E-state index in [-0.39, 0.29) is 10.6 Å². The Balaban J connectivity index is 2.24. The first-order valence-corrected chi connectivity index (χ1v) is 8.29. The number of nitrogens with zero attached hydrogens (tertiary/aromatic N) is 1. The summed E-state index contributed by atoms with van der Waals surface area (Å²) in [6.07, 6.45) is 0. The average Bonchev–Trinajstić information content (AvgIpc) is 2.80. The third-order valence-electron chi connectivity index (χ3n) is 2.89. The molecule has 0 bridgehead atoms. The maximum absolute atomic E-state index is 12.3. The molecule has 1 aliphatic heterocycles. The summed E-state index contributed by atoms with van der Waals surface area (Å²) in [7, 11) is -2.43. The van der Waals surface area contributed by atoms with E-state index in [1.165, 1.54) is 11.4 Å². The first kappa shape index (κ1) is 15.2. The number of hydrogen-bond acceptors (Lipinski definition) is 6. The van der Waals surface area contributed by atoms with E-state index in [9.17, 15) is 13.2 Å². The van der Waals surface area contributed by atoms with Gasteiger partial charge in [-0.2, -0.15) is 12.7 Å². The number of morpholine rings is 1. The van der Waals surface area contributed by atoms with Crippen molar-refractivity contribution in [2.24, 2.45) is 0 Å². The van der Waals surface area contributed by atoms with Gasteiger partial charge in [0.05, 0.1) is 26.0 Å². The van der Waals surface area contributed by atoms with Crippen LogP contribution in [0.25, 0.3) is 0 Å². The molecule has 0 aliphatic carbocycles. The van der Waals surface area contributed by atoms with E-state index in [4.69, 9.17) is 4.74 Å². The molecular formula is C11H16N2O5S2. The van der Waals surface area contributed by atoms with Crippen molar-refractivity contribution in [2.45, 2.75) is 6.92 Å². The third-order valence-corrected chi connectivity index (χ3v) is 5.47. The van der Waals surface area contributed by atoms with Crippen molar-refractivity contribution in [1.29, 1.82) is 0 Å². The van der Waals surface area contributed by atoms with Crippen LogP contribution in [-0.2, 0) is 19.7 Å². The summed E-state index contributed by atoms with van der Waals surface area (Å²) >= 11 is 1.15. The lowest BCUT2D eigenvalue weighted by Crippen LogP contribution is -2.43. The van der Waals surface area contributed by atoms with Crippen molar-refractivity contribution in [3.8, 4) is 0 Å². The molecule has 0 amide bonds. The van der Waals surface area contributed by atoms with Gasteiger partial charge in [-0.3, -0.25) is 4.72 Å². The smallest absolute Gasteiger partial charge is 0.350 e. The summed E-state index contributed by atoms with van der Waals surface area (Å²) in [5, 5.41) is 1.71. The van der Waals surface area contributed by atoms with Crippen LogP contribution in [0.3, 0.4) is 0 Å². The van der Waals surface area contributed by atoms with Crippen LogP contribution in [-0.4, -0.2) is 52.1 Å². The molecule has 0 spiro atoms. The highest BCUT2D eigenvalue weighted by Crippen LogP contribution is 2.29. The molecule has 0 atom stereocenters. The number of anilines is 1. The molecule has 20 heavy (non-hydrogen) atoms. The van der Waals surface area contributed by atoms with E-state index in [1.807, 2.05) is 0 Å². The van der Waals surface area contributed by atoms with Gasteiger partial charge in [0.1, 0.15) is 4.88 Å². The minimum Gasteiger partial charge on any atom is -0.465 e. The summed E-state index contributed by atoms with van der Waals surface area (Å²) in [6.45, 7) is 3.07. The van der Waals surface area contributed by atoms with Crippen molar-refractivity contribution in [1.82, 2.24) is 4.31 Å². The largest absolute Gasteiger partial charge is 0.465 e. The van der Waals surface area contributed by atoms with E-state index in [0.29, 0.717) is 31.9 Å². The van der Waals surface area contributed by atoms with Gasteiger partial charge in [-0.1, -0.05) is 0 Å². The normalized spacial score (nSPS) is 16.9. The van der Waals surface area contributed by atoms with Gasteiger partial charge in [-0.25, -0.2) is 4.79 Å². The van der Waals surface area contributed by atoms with Crippen LogP contribution < -0.4 is 4.72 Å². The molecular weight excluding hydrogens is 304 g/mol. The second kappa shape index (κ2) is 6.08. The van der Waals surface area contributed by atoms with Crippen LogP contribution in [0.15, 0.2) is 5.38 Å². The quantitative estimate of drug-likeness (QED) is 0.831. The Morgan fingerprint density at radius 2 is 2.10 bits per heavy atom. The van der Waals surface area contributed by atoms with E-state index in [2.05, 4.69) is 9.46 Å². The highest BCUT2D eigenvalue weighted by molar-refractivity contribution is 7.90. The predicted molar refractivity (Wildman–Crippen MR) is 75.3 cm³/mol. The molecule has 1 fully saturated rings. The van der Waals surface area contributed by atoms with Gasteiger partial charge < -0.3 is 9.47 Å². The Kier molecular flexibility index (Phi) is 4.63. The van der Waals surface area contributed by atoms with Crippen molar-refractivity contribution in [3.05, 3.63) is 15.8 Å². The minimum absolute atomic E-state index is 0.252. The van der Waals surface area contributed by atoms with Gasteiger partial charge in [-0.15, -0.1) is 11.3 Å². The maximum atomic E-state index is 12.3. The molecule has 1 aromatic rings. The third kappa shape index (κ3) is 3.11. The van der Waals surface area contributed by atoms with E-state index < -0.39 is 16.2 Å². The fourth-order valence-electron chi connectivity index (χ4n) is 1.79. The Labute approximate surface area is 121 Å². The van der Waals surface area contributed by atoms with Crippen LogP contribution in [0.5, 0.6) is 0 Å². The molecule has 9 heteroatoms. The lowest BCUT2D eigenvalue weighted by Gasteiger charge is -2.26. The summed E-state index contributed by atoms with van der Waals surface area (Å²) < 4.78 is 38.1. The molecule has 0 unspecified atom stereocenters. The Bertz CT molecular complexity index is 590. The lowest BCUT2D eigenvalue weighted by atomic mass is 10.3. The maximum Gasteiger partial charge on any atom is 0.350 e. The molecule has 1 aliphatic rings. The molecule has 0 radical (unpaired) electrons. The number of carbonyl (C=O) groups excluding carboxylic acids is 1. The minimum atomic E-state index is -3.69. The van der Waals surface area contributed by atoms with Gasteiger partial charge >= 0.3 is 16.2 Å². The number of carbonyl (C=O) groups is 1. The van der Waals surface area contributed by atoms with Crippen molar-refractivity contribution in [3.63, 3.8) is 0 Å². The second-order valence-corrected chi connectivity index (χ2v) is 6.78. The molecule has 1 aromatic heterocycles. The Morgan fingerprint density at radius 3 is 2.70 bits per heavy atom. The number of thiophene rings is 1. The number of hydrogen-bond donors (Lipinski definition) is 1. The highest BCUT2D eigenvalue weighted by Gasteiger charge is 2.27. The van der Waals surface area contributed by atoms with E-state index in [0.717, 1.165) is 11.3 Å².